The van der Waals surface area contributed by atoms with Gasteiger partial charge < -0.3 is 15.3 Å². The second-order valence-electron chi connectivity index (χ2n) is 3.51. The van der Waals surface area contributed by atoms with E-state index in [1.165, 1.54) is 0 Å². The molecule has 2 aliphatic heterocycles. The lowest BCUT2D eigenvalue weighted by molar-refractivity contribution is -0.153. The van der Waals surface area contributed by atoms with Gasteiger partial charge in [0.25, 0.3) is 0 Å². The summed E-state index contributed by atoms with van der Waals surface area (Å²) in [7, 11) is 0. The van der Waals surface area contributed by atoms with Crippen LogP contribution >= 0.6 is 0 Å². The molecule has 0 aromatic carbocycles. The molecule has 0 spiro atoms. The van der Waals surface area contributed by atoms with Crippen molar-refractivity contribution in [3.8, 4) is 0 Å². The zero-order valence-corrected chi connectivity index (χ0v) is 6.20. The largest absolute Gasteiger partial charge is 0.389 e. The molecule has 64 valence electrons. The average Bonchev–Trinajstić information content (AvgIpc) is 2.19. The molecule has 11 heavy (non-hydrogen) atoms. The quantitative estimate of drug-likeness (QED) is 0.349. The van der Waals surface area contributed by atoms with Crippen molar-refractivity contribution >= 4 is 0 Å². The standard InChI is InChI=1S/C7H13NO3/c9-5-2-1-4-3-6(10)7(5,11)8-4/h4-6,8-11H,1-3H2. The summed E-state index contributed by atoms with van der Waals surface area (Å²) >= 11 is 0. The van der Waals surface area contributed by atoms with E-state index in [4.69, 9.17) is 0 Å². The van der Waals surface area contributed by atoms with E-state index in [2.05, 4.69) is 5.32 Å². The molecule has 0 aromatic rings. The summed E-state index contributed by atoms with van der Waals surface area (Å²) in [5, 5.41) is 31.2. The van der Waals surface area contributed by atoms with E-state index in [0.717, 1.165) is 6.42 Å². The third-order valence-corrected chi connectivity index (χ3v) is 2.75. The average molecular weight is 159 g/mol. The highest BCUT2D eigenvalue weighted by molar-refractivity contribution is 5.04. The summed E-state index contributed by atoms with van der Waals surface area (Å²) in [4.78, 5) is 0. The number of rotatable bonds is 0. The van der Waals surface area contributed by atoms with Gasteiger partial charge in [-0.1, -0.05) is 0 Å². The number of hydrogen-bond acceptors (Lipinski definition) is 4. The van der Waals surface area contributed by atoms with Crippen molar-refractivity contribution in [2.45, 2.75) is 43.2 Å². The molecule has 2 rings (SSSR count). The van der Waals surface area contributed by atoms with Gasteiger partial charge in [-0.2, -0.15) is 0 Å². The minimum atomic E-state index is -1.43. The van der Waals surface area contributed by atoms with E-state index < -0.39 is 17.9 Å². The smallest absolute Gasteiger partial charge is 0.168 e. The van der Waals surface area contributed by atoms with E-state index in [1.54, 1.807) is 0 Å². The normalized spacial score (nSPS) is 56.5. The third kappa shape index (κ3) is 0.906. The molecule has 0 radical (unpaired) electrons. The molecule has 0 aromatic heterocycles. The predicted octanol–water partition coefficient (Wildman–Crippen LogP) is -1.45. The van der Waals surface area contributed by atoms with E-state index in [0.29, 0.717) is 12.8 Å². The Bertz CT molecular complexity index is 169. The molecule has 0 aliphatic carbocycles. The second-order valence-corrected chi connectivity index (χ2v) is 3.51. The fourth-order valence-corrected chi connectivity index (χ4v) is 2.02. The number of piperidine rings is 1. The lowest BCUT2D eigenvalue weighted by Gasteiger charge is -2.35. The first-order chi connectivity index (χ1) is 5.13. The SMILES string of the molecule is OC1CCC2CC(O)C1(O)N2. The summed E-state index contributed by atoms with van der Waals surface area (Å²) in [5.41, 5.74) is -1.43. The Hall–Kier alpha value is -0.160. The summed E-state index contributed by atoms with van der Waals surface area (Å²) in [6, 6.07) is 0.179. The topological polar surface area (TPSA) is 72.7 Å². The van der Waals surface area contributed by atoms with E-state index in [-0.39, 0.29) is 6.04 Å². The van der Waals surface area contributed by atoms with Gasteiger partial charge in [0.05, 0.1) is 6.10 Å². The monoisotopic (exact) mass is 159 g/mol. The molecular formula is C7H13NO3. The van der Waals surface area contributed by atoms with Crippen LogP contribution in [0.2, 0.25) is 0 Å². The van der Waals surface area contributed by atoms with Crippen LogP contribution in [0.3, 0.4) is 0 Å². The van der Waals surface area contributed by atoms with Gasteiger partial charge in [0.15, 0.2) is 5.72 Å². The molecule has 4 unspecified atom stereocenters. The van der Waals surface area contributed by atoms with Crippen LogP contribution in [0.5, 0.6) is 0 Å². The maximum Gasteiger partial charge on any atom is 0.168 e. The first kappa shape index (κ1) is 7.49. The van der Waals surface area contributed by atoms with E-state index in [9.17, 15) is 15.3 Å². The Labute approximate surface area is 64.8 Å². The number of nitrogens with one attached hydrogen (secondary N) is 1. The van der Waals surface area contributed by atoms with Crippen molar-refractivity contribution in [1.82, 2.24) is 5.32 Å². The van der Waals surface area contributed by atoms with Crippen molar-refractivity contribution in [2.75, 3.05) is 0 Å². The summed E-state index contributed by atoms with van der Waals surface area (Å²) in [5.74, 6) is 0. The van der Waals surface area contributed by atoms with Gasteiger partial charge in [-0.05, 0) is 19.3 Å². The van der Waals surface area contributed by atoms with Crippen molar-refractivity contribution in [3.05, 3.63) is 0 Å². The Morgan fingerprint density at radius 1 is 1.18 bits per heavy atom. The lowest BCUT2D eigenvalue weighted by atomic mass is 9.98. The van der Waals surface area contributed by atoms with Crippen molar-refractivity contribution in [1.29, 1.82) is 0 Å². The van der Waals surface area contributed by atoms with E-state index in [1.807, 2.05) is 0 Å². The molecule has 4 N–H and O–H groups in total. The first-order valence-corrected chi connectivity index (χ1v) is 3.99. The predicted molar refractivity (Wildman–Crippen MR) is 37.7 cm³/mol. The highest BCUT2D eigenvalue weighted by Crippen LogP contribution is 2.33. The second kappa shape index (κ2) is 2.17. The minimum Gasteiger partial charge on any atom is -0.389 e. The van der Waals surface area contributed by atoms with Gasteiger partial charge in [0.2, 0.25) is 0 Å². The molecule has 4 atom stereocenters. The van der Waals surface area contributed by atoms with Gasteiger partial charge in [-0.25, -0.2) is 0 Å². The number of aliphatic hydroxyl groups excluding tert-OH is 2. The Balaban J connectivity index is 2.23. The van der Waals surface area contributed by atoms with Gasteiger partial charge in [0, 0.05) is 6.04 Å². The number of aliphatic hydroxyl groups is 3. The van der Waals surface area contributed by atoms with Crippen molar-refractivity contribution < 1.29 is 15.3 Å². The maximum absolute atomic E-state index is 9.65. The van der Waals surface area contributed by atoms with E-state index >= 15 is 0 Å². The Morgan fingerprint density at radius 2 is 1.91 bits per heavy atom. The molecular weight excluding hydrogens is 146 g/mol. The van der Waals surface area contributed by atoms with Crippen molar-refractivity contribution in [3.63, 3.8) is 0 Å². The van der Waals surface area contributed by atoms with Crippen LogP contribution in [-0.4, -0.2) is 39.3 Å². The molecule has 0 saturated carbocycles. The summed E-state index contributed by atoms with van der Waals surface area (Å²) < 4.78 is 0. The molecule has 2 fully saturated rings. The Morgan fingerprint density at radius 3 is 2.55 bits per heavy atom. The molecule has 0 amide bonds. The zero-order chi connectivity index (χ0) is 8.06. The molecule has 2 heterocycles. The van der Waals surface area contributed by atoms with Crippen LogP contribution in [0.1, 0.15) is 19.3 Å². The molecule has 2 aliphatic rings. The zero-order valence-electron chi connectivity index (χ0n) is 6.20. The van der Waals surface area contributed by atoms with Crippen LogP contribution in [0.4, 0.5) is 0 Å². The third-order valence-electron chi connectivity index (χ3n) is 2.75. The van der Waals surface area contributed by atoms with Crippen LogP contribution < -0.4 is 5.32 Å². The Kier molecular flexibility index (Phi) is 1.47. The molecule has 4 nitrogen and oxygen atoms in total. The van der Waals surface area contributed by atoms with Crippen LogP contribution in [0.25, 0.3) is 0 Å². The maximum atomic E-state index is 9.65. The van der Waals surface area contributed by atoms with Gasteiger partial charge in [-0.3, -0.25) is 5.32 Å². The molecule has 2 saturated heterocycles. The van der Waals surface area contributed by atoms with Crippen LogP contribution in [-0.2, 0) is 0 Å². The molecule has 2 bridgehead atoms. The number of fused-ring (bicyclic) bond motifs is 2. The molecule has 4 heteroatoms. The van der Waals surface area contributed by atoms with Gasteiger partial charge >= 0.3 is 0 Å². The fourth-order valence-electron chi connectivity index (χ4n) is 2.02. The highest BCUT2D eigenvalue weighted by atomic mass is 16.4. The summed E-state index contributed by atoms with van der Waals surface area (Å²) in [6.07, 6.45) is 0.320. The van der Waals surface area contributed by atoms with Crippen molar-refractivity contribution in [2.24, 2.45) is 0 Å². The summed E-state index contributed by atoms with van der Waals surface area (Å²) in [6.45, 7) is 0. The highest BCUT2D eigenvalue weighted by Gasteiger charge is 2.52. The van der Waals surface area contributed by atoms with Gasteiger partial charge in [-0.15, -0.1) is 0 Å². The minimum absolute atomic E-state index is 0.179. The number of hydrogen-bond donors (Lipinski definition) is 4. The van der Waals surface area contributed by atoms with Crippen LogP contribution in [0.15, 0.2) is 0 Å². The first-order valence-electron chi connectivity index (χ1n) is 3.99. The lowest BCUT2D eigenvalue weighted by Crippen LogP contribution is -2.60. The fraction of sp³-hybridized carbons (Fsp3) is 1.00. The van der Waals surface area contributed by atoms with Crippen LogP contribution in [0, 0.1) is 0 Å². The van der Waals surface area contributed by atoms with Gasteiger partial charge in [0.1, 0.15) is 6.10 Å².